The SMILES string of the molecule is C[C@@H](CNC(=O)c1cccnc1N1CCOCC1)N1CCCC1. The Morgan fingerprint density at radius 1 is 1.30 bits per heavy atom. The molecule has 23 heavy (non-hydrogen) atoms. The molecule has 0 radical (unpaired) electrons. The Hall–Kier alpha value is -1.66. The van der Waals surface area contributed by atoms with Crippen LogP contribution >= 0.6 is 0 Å². The van der Waals surface area contributed by atoms with Crippen molar-refractivity contribution in [3.63, 3.8) is 0 Å². The summed E-state index contributed by atoms with van der Waals surface area (Å²) in [6.07, 6.45) is 4.28. The predicted octanol–water partition coefficient (Wildman–Crippen LogP) is 1.13. The van der Waals surface area contributed by atoms with Gasteiger partial charge in [-0.3, -0.25) is 9.69 Å². The van der Waals surface area contributed by atoms with Gasteiger partial charge in [0.2, 0.25) is 0 Å². The number of rotatable bonds is 5. The number of hydrogen-bond donors (Lipinski definition) is 1. The number of carbonyl (C=O) groups is 1. The normalized spacial score (nSPS) is 20.5. The minimum absolute atomic E-state index is 0.0364. The number of nitrogens with one attached hydrogen (secondary N) is 1. The van der Waals surface area contributed by atoms with Gasteiger partial charge in [0.15, 0.2) is 0 Å². The summed E-state index contributed by atoms with van der Waals surface area (Å²) in [5, 5.41) is 3.08. The average Bonchev–Trinajstić information content (AvgIpc) is 3.15. The molecule has 0 aliphatic carbocycles. The molecule has 1 aromatic heterocycles. The molecule has 1 aromatic rings. The zero-order valence-corrected chi connectivity index (χ0v) is 13.8. The van der Waals surface area contributed by atoms with Gasteiger partial charge in [-0.2, -0.15) is 0 Å². The fraction of sp³-hybridized carbons (Fsp3) is 0.647. The first-order chi connectivity index (χ1) is 11.3. The summed E-state index contributed by atoms with van der Waals surface area (Å²) in [5.41, 5.74) is 0.656. The van der Waals surface area contributed by atoms with Gasteiger partial charge in [0.1, 0.15) is 5.82 Å². The summed E-state index contributed by atoms with van der Waals surface area (Å²) >= 11 is 0. The Bertz CT molecular complexity index is 525. The van der Waals surface area contributed by atoms with Crippen LogP contribution in [0, 0.1) is 0 Å². The average molecular weight is 318 g/mol. The van der Waals surface area contributed by atoms with E-state index in [0.29, 0.717) is 31.4 Å². The van der Waals surface area contributed by atoms with Crippen molar-refractivity contribution in [2.45, 2.75) is 25.8 Å². The second-order valence-corrected chi connectivity index (χ2v) is 6.28. The van der Waals surface area contributed by atoms with Gasteiger partial charge in [-0.05, 0) is 45.0 Å². The number of aromatic nitrogens is 1. The summed E-state index contributed by atoms with van der Waals surface area (Å²) < 4.78 is 5.38. The Labute approximate surface area is 137 Å². The van der Waals surface area contributed by atoms with E-state index in [4.69, 9.17) is 4.74 Å². The van der Waals surface area contributed by atoms with Gasteiger partial charge in [0.25, 0.3) is 5.91 Å². The van der Waals surface area contributed by atoms with E-state index in [9.17, 15) is 4.79 Å². The van der Waals surface area contributed by atoms with E-state index in [-0.39, 0.29) is 5.91 Å². The second kappa shape index (κ2) is 7.75. The highest BCUT2D eigenvalue weighted by atomic mass is 16.5. The molecule has 1 amide bonds. The molecule has 2 fully saturated rings. The van der Waals surface area contributed by atoms with Crippen LogP contribution in [0.5, 0.6) is 0 Å². The van der Waals surface area contributed by atoms with Crippen LogP contribution in [0.2, 0.25) is 0 Å². The van der Waals surface area contributed by atoms with E-state index in [1.54, 1.807) is 6.20 Å². The third-order valence-electron chi connectivity index (χ3n) is 4.66. The Balaban J connectivity index is 1.62. The van der Waals surface area contributed by atoms with Gasteiger partial charge in [0.05, 0.1) is 18.8 Å². The van der Waals surface area contributed by atoms with Crippen molar-refractivity contribution in [1.29, 1.82) is 0 Å². The molecule has 1 N–H and O–H groups in total. The van der Waals surface area contributed by atoms with Gasteiger partial charge in [-0.25, -0.2) is 4.98 Å². The molecular formula is C17H26N4O2. The highest BCUT2D eigenvalue weighted by Crippen LogP contribution is 2.18. The largest absolute Gasteiger partial charge is 0.378 e. The van der Waals surface area contributed by atoms with Gasteiger partial charge < -0.3 is 15.0 Å². The van der Waals surface area contributed by atoms with E-state index in [2.05, 4.69) is 27.0 Å². The summed E-state index contributed by atoms with van der Waals surface area (Å²) in [6.45, 7) is 8.07. The lowest BCUT2D eigenvalue weighted by molar-refractivity contribution is 0.0938. The summed E-state index contributed by atoms with van der Waals surface area (Å²) in [4.78, 5) is 21.6. The third-order valence-corrected chi connectivity index (χ3v) is 4.66. The van der Waals surface area contributed by atoms with Crippen molar-refractivity contribution in [2.24, 2.45) is 0 Å². The predicted molar refractivity (Wildman–Crippen MR) is 89.9 cm³/mol. The van der Waals surface area contributed by atoms with Crippen LogP contribution in [-0.2, 0) is 4.74 Å². The number of amides is 1. The van der Waals surface area contributed by atoms with Crippen LogP contribution in [0.4, 0.5) is 5.82 Å². The lowest BCUT2D eigenvalue weighted by atomic mass is 10.2. The highest BCUT2D eigenvalue weighted by Gasteiger charge is 2.22. The molecule has 2 saturated heterocycles. The monoisotopic (exact) mass is 318 g/mol. The fourth-order valence-corrected chi connectivity index (χ4v) is 3.25. The Morgan fingerprint density at radius 3 is 2.78 bits per heavy atom. The molecule has 3 heterocycles. The first kappa shape index (κ1) is 16.2. The van der Waals surface area contributed by atoms with E-state index in [1.165, 1.54) is 12.8 Å². The molecule has 126 valence electrons. The van der Waals surface area contributed by atoms with Crippen molar-refractivity contribution in [3.8, 4) is 0 Å². The Kier molecular flexibility index (Phi) is 5.46. The summed E-state index contributed by atoms with van der Waals surface area (Å²) in [6, 6.07) is 4.06. The van der Waals surface area contributed by atoms with Crippen molar-refractivity contribution in [3.05, 3.63) is 23.9 Å². The van der Waals surface area contributed by atoms with Crippen molar-refractivity contribution in [2.75, 3.05) is 50.8 Å². The maximum absolute atomic E-state index is 12.6. The molecule has 1 atom stereocenters. The van der Waals surface area contributed by atoms with E-state index >= 15 is 0 Å². The van der Waals surface area contributed by atoms with Crippen molar-refractivity contribution >= 4 is 11.7 Å². The fourth-order valence-electron chi connectivity index (χ4n) is 3.25. The molecule has 0 unspecified atom stereocenters. The molecule has 0 aromatic carbocycles. The third kappa shape index (κ3) is 4.00. The van der Waals surface area contributed by atoms with Gasteiger partial charge >= 0.3 is 0 Å². The van der Waals surface area contributed by atoms with Crippen LogP contribution in [0.1, 0.15) is 30.1 Å². The zero-order chi connectivity index (χ0) is 16.1. The molecule has 6 nitrogen and oxygen atoms in total. The molecule has 6 heteroatoms. The lowest BCUT2D eigenvalue weighted by Crippen LogP contribution is -2.42. The maximum atomic E-state index is 12.6. The number of morpholine rings is 1. The number of anilines is 1. The smallest absolute Gasteiger partial charge is 0.255 e. The molecule has 3 rings (SSSR count). The van der Waals surface area contributed by atoms with Crippen LogP contribution in [0.25, 0.3) is 0 Å². The minimum Gasteiger partial charge on any atom is -0.378 e. The topological polar surface area (TPSA) is 57.7 Å². The number of pyridine rings is 1. The lowest BCUT2D eigenvalue weighted by Gasteiger charge is -2.29. The summed E-state index contributed by atoms with van der Waals surface area (Å²) in [7, 11) is 0. The number of likely N-dealkylation sites (tertiary alicyclic amines) is 1. The van der Waals surface area contributed by atoms with Crippen LogP contribution in [0.3, 0.4) is 0 Å². The maximum Gasteiger partial charge on any atom is 0.255 e. The van der Waals surface area contributed by atoms with Crippen LogP contribution < -0.4 is 10.2 Å². The van der Waals surface area contributed by atoms with Crippen molar-refractivity contribution < 1.29 is 9.53 Å². The van der Waals surface area contributed by atoms with Gasteiger partial charge in [0, 0.05) is 31.9 Å². The van der Waals surface area contributed by atoms with Gasteiger partial charge in [-0.15, -0.1) is 0 Å². The standard InChI is InChI=1S/C17H26N4O2/c1-14(20-7-2-3-8-20)13-19-17(22)15-5-4-6-18-16(15)21-9-11-23-12-10-21/h4-6,14H,2-3,7-13H2,1H3,(H,19,22)/t14-/m0/s1. The second-order valence-electron chi connectivity index (χ2n) is 6.28. The number of nitrogens with zero attached hydrogens (tertiary/aromatic N) is 3. The van der Waals surface area contributed by atoms with E-state index in [1.807, 2.05) is 12.1 Å². The molecule has 0 bridgehead atoms. The first-order valence-electron chi connectivity index (χ1n) is 8.55. The van der Waals surface area contributed by atoms with Crippen LogP contribution in [0.15, 0.2) is 18.3 Å². The number of hydrogen-bond acceptors (Lipinski definition) is 5. The quantitative estimate of drug-likeness (QED) is 0.882. The molecule has 0 saturated carbocycles. The molecule has 0 spiro atoms. The van der Waals surface area contributed by atoms with Crippen LogP contribution in [-0.4, -0.2) is 67.8 Å². The number of ether oxygens (including phenoxy) is 1. The number of carbonyl (C=O) groups excluding carboxylic acids is 1. The minimum atomic E-state index is -0.0364. The highest BCUT2D eigenvalue weighted by molar-refractivity contribution is 5.98. The zero-order valence-electron chi connectivity index (χ0n) is 13.8. The summed E-state index contributed by atoms with van der Waals surface area (Å²) in [5.74, 6) is 0.729. The van der Waals surface area contributed by atoms with Crippen molar-refractivity contribution in [1.82, 2.24) is 15.2 Å². The first-order valence-corrected chi connectivity index (χ1v) is 8.55. The molecule has 2 aliphatic rings. The van der Waals surface area contributed by atoms with E-state index in [0.717, 1.165) is 32.0 Å². The molecule has 2 aliphatic heterocycles. The van der Waals surface area contributed by atoms with E-state index < -0.39 is 0 Å². The Morgan fingerprint density at radius 2 is 2.04 bits per heavy atom. The molecular weight excluding hydrogens is 292 g/mol. The van der Waals surface area contributed by atoms with Gasteiger partial charge in [-0.1, -0.05) is 0 Å².